The summed E-state index contributed by atoms with van der Waals surface area (Å²) in [5, 5.41) is 6.60. The van der Waals surface area contributed by atoms with Gasteiger partial charge >= 0.3 is 5.69 Å². The third-order valence-electron chi connectivity index (χ3n) is 5.07. The van der Waals surface area contributed by atoms with Crippen molar-refractivity contribution in [2.75, 3.05) is 18.8 Å². The standard InChI is InChI=1S/C19H24ClN6O5P/c1-13-10-26(19(28)23-18(13)27)17-9-15(24-25-21)16(31-17)11-30-32(29,12-20)22-8-7-14-5-3-2-4-6-14/h2-6,10,15-17H,7-9,11-12H2,1H3,(H,22,29)(H,23,27,28)/t15?,16-,17-,32?/m1/s1. The summed E-state index contributed by atoms with van der Waals surface area (Å²) >= 11 is 5.90. The molecular formula is C19H24ClN6O5P. The summed E-state index contributed by atoms with van der Waals surface area (Å²) in [7, 11) is -3.37. The van der Waals surface area contributed by atoms with Crippen molar-refractivity contribution >= 4 is 19.1 Å². The number of benzene rings is 1. The van der Waals surface area contributed by atoms with Crippen molar-refractivity contribution in [1.29, 1.82) is 0 Å². The molecule has 32 heavy (non-hydrogen) atoms. The number of rotatable bonds is 10. The highest BCUT2D eigenvalue weighted by Crippen LogP contribution is 2.44. The summed E-state index contributed by atoms with van der Waals surface area (Å²) in [6, 6.07) is 9.04. The minimum Gasteiger partial charge on any atom is -0.352 e. The van der Waals surface area contributed by atoms with E-state index in [0.717, 1.165) is 5.56 Å². The molecule has 0 bridgehead atoms. The summed E-state index contributed by atoms with van der Waals surface area (Å²) in [5.74, 6) is 0. The van der Waals surface area contributed by atoms with Crippen molar-refractivity contribution in [1.82, 2.24) is 14.6 Å². The molecule has 2 unspecified atom stereocenters. The lowest BCUT2D eigenvalue weighted by atomic mass is 10.1. The highest BCUT2D eigenvalue weighted by atomic mass is 35.5. The molecule has 0 radical (unpaired) electrons. The fraction of sp³-hybridized carbons (Fsp3) is 0.474. The zero-order chi connectivity index (χ0) is 23.1. The fourth-order valence-electron chi connectivity index (χ4n) is 3.36. The molecule has 1 aliphatic rings. The van der Waals surface area contributed by atoms with Crippen LogP contribution >= 0.6 is 19.1 Å². The van der Waals surface area contributed by atoms with Gasteiger partial charge < -0.3 is 9.26 Å². The fourth-order valence-corrected chi connectivity index (χ4v) is 4.90. The van der Waals surface area contributed by atoms with Crippen LogP contribution in [0.3, 0.4) is 0 Å². The van der Waals surface area contributed by atoms with Gasteiger partial charge in [0.2, 0.25) is 0 Å². The van der Waals surface area contributed by atoms with Gasteiger partial charge in [0.15, 0.2) is 0 Å². The number of hydrogen-bond donors (Lipinski definition) is 2. The van der Waals surface area contributed by atoms with Crippen LogP contribution in [0, 0.1) is 6.92 Å². The van der Waals surface area contributed by atoms with Crippen LogP contribution in [0.25, 0.3) is 10.4 Å². The molecule has 1 fully saturated rings. The van der Waals surface area contributed by atoms with Crippen molar-refractivity contribution in [3.05, 3.63) is 78.9 Å². The molecular weight excluding hydrogens is 459 g/mol. The first kappa shape index (κ1) is 24.3. The molecule has 1 aromatic carbocycles. The molecule has 2 heterocycles. The van der Waals surface area contributed by atoms with Crippen LogP contribution in [0.5, 0.6) is 0 Å². The molecule has 172 valence electrons. The minimum absolute atomic E-state index is 0.153. The van der Waals surface area contributed by atoms with Crippen LogP contribution in [-0.2, 0) is 20.2 Å². The molecule has 0 spiro atoms. The van der Waals surface area contributed by atoms with E-state index < -0.39 is 37.1 Å². The lowest BCUT2D eigenvalue weighted by molar-refractivity contribution is -0.0222. The van der Waals surface area contributed by atoms with Crippen LogP contribution in [0.4, 0.5) is 0 Å². The van der Waals surface area contributed by atoms with Crippen LogP contribution in [0.1, 0.15) is 23.8 Å². The summed E-state index contributed by atoms with van der Waals surface area (Å²) in [6.07, 6.45) is 0.696. The molecule has 0 amide bonds. The second-order valence-corrected chi connectivity index (χ2v) is 10.2. The van der Waals surface area contributed by atoms with E-state index in [1.54, 1.807) is 6.92 Å². The number of halogens is 1. The third-order valence-corrected chi connectivity index (χ3v) is 7.60. The summed E-state index contributed by atoms with van der Waals surface area (Å²) < 4.78 is 25.6. The first-order chi connectivity index (χ1) is 15.3. The normalized spacial score (nSPS) is 22.2. The maximum Gasteiger partial charge on any atom is 0.330 e. The Morgan fingerprint density at radius 2 is 2.16 bits per heavy atom. The van der Waals surface area contributed by atoms with Gasteiger partial charge in [-0.15, -0.1) is 11.6 Å². The van der Waals surface area contributed by atoms with E-state index >= 15 is 0 Å². The van der Waals surface area contributed by atoms with Gasteiger partial charge in [-0.05, 0) is 24.4 Å². The van der Waals surface area contributed by atoms with Crippen LogP contribution in [0.15, 0.2) is 51.2 Å². The van der Waals surface area contributed by atoms with Crippen molar-refractivity contribution in [3.63, 3.8) is 0 Å². The molecule has 4 atom stereocenters. The minimum atomic E-state index is -3.37. The molecule has 0 saturated carbocycles. The van der Waals surface area contributed by atoms with Crippen molar-refractivity contribution < 1.29 is 13.8 Å². The monoisotopic (exact) mass is 482 g/mol. The predicted octanol–water partition coefficient (Wildman–Crippen LogP) is 3.05. The van der Waals surface area contributed by atoms with Crippen molar-refractivity contribution in [2.45, 2.75) is 38.1 Å². The largest absolute Gasteiger partial charge is 0.352 e. The molecule has 13 heteroatoms. The first-order valence-corrected chi connectivity index (χ1v) is 12.3. The number of nitrogens with zero attached hydrogens (tertiary/aromatic N) is 4. The molecule has 2 N–H and O–H groups in total. The smallest absolute Gasteiger partial charge is 0.330 e. The average Bonchev–Trinajstić information content (AvgIpc) is 3.18. The van der Waals surface area contributed by atoms with Crippen molar-refractivity contribution in [2.24, 2.45) is 5.11 Å². The summed E-state index contributed by atoms with van der Waals surface area (Å²) in [5.41, 5.74) is 8.93. The quantitative estimate of drug-likeness (QED) is 0.174. The predicted molar refractivity (Wildman–Crippen MR) is 120 cm³/mol. The van der Waals surface area contributed by atoms with Gasteiger partial charge in [-0.2, -0.15) is 0 Å². The highest BCUT2D eigenvalue weighted by molar-refractivity contribution is 7.58. The number of hydrogen-bond acceptors (Lipinski definition) is 6. The number of alkyl halides is 1. The number of aryl methyl sites for hydroxylation is 1. The topological polar surface area (TPSA) is 151 Å². The van der Waals surface area contributed by atoms with Gasteiger partial charge in [0.25, 0.3) is 13.1 Å². The zero-order valence-corrected chi connectivity index (χ0v) is 19.0. The second-order valence-electron chi connectivity index (χ2n) is 7.35. The highest BCUT2D eigenvalue weighted by Gasteiger charge is 2.38. The van der Waals surface area contributed by atoms with Crippen LogP contribution < -0.4 is 16.3 Å². The van der Waals surface area contributed by atoms with Gasteiger partial charge in [-0.25, -0.2) is 9.88 Å². The zero-order valence-electron chi connectivity index (χ0n) is 17.4. The summed E-state index contributed by atoms with van der Waals surface area (Å²) in [4.78, 5) is 28.8. The van der Waals surface area contributed by atoms with E-state index in [1.807, 2.05) is 30.3 Å². The number of aromatic nitrogens is 2. The number of ether oxygens (including phenoxy) is 1. The van der Waals surface area contributed by atoms with E-state index in [2.05, 4.69) is 20.1 Å². The Morgan fingerprint density at radius 1 is 1.41 bits per heavy atom. The lowest BCUT2D eigenvalue weighted by Gasteiger charge is -2.21. The molecule has 1 saturated heterocycles. The van der Waals surface area contributed by atoms with E-state index in [0.29, 0.717) is 18.5 Å². The van der Waals surface area contributed by atoms with E-state index in [-0.39, 0.29) is 18.6 Å². The van der Waals surface area contributed by atoms with Crippen LogP contribution in [0.2, 0.25) is 0 Å². The third kappa shape index (κ3) is 6.10. The number of aromatic amines is 1. The molecule has 1 aliphatic heterocycles. The van der Waals surface area contributed by atoms with E-state index in [9.17, 15) is 14.2 Å². The Hall–Kier alpha value is -2.39. The number of nitrogens with one attached hydrogen (secondary N) is 2. The van der Waals surface area contributed by atoms with Gasteiger partial charge in [0.1, 0.15) is 11.8 Å². The van der Waals surface area contributed by atoms with Gasteiger partial charge in [0, 0.05) is 29.6 Å². The maximum absolute atomic E-state index is 13.0. The Labute approximate surface area is 188 Å². The van der Waals surface area contributed by atoms with E-state index in [4.69, 9.17) is 26.4 Å². The number of H-pyrrole nitrogens is 1. The lowest BCUT2D eigenvalue weighted by Crippen LogP contribution is -2.33. The average molecular weight is 483 g/mol. The molecule has 2 aromatic rings. The molecule has 3 rings (SSSR count). The Kier molecular flexibility index (Phi) is 8.31. The van der Waals surface area contributed by atoms with Gasteiger partial charge in [-0.1, -0.05) is 35.4 Å². The molecule has 11 nitrogen and oxygen atoms in total. The van der Waals surface area contributed by atoms with Crippen LogP contribution in [-0.4, -0.2) is 40.5 Å². The Bertz CT molecular complexity index is 1130. The van der Waals surface area contributed by atoms with Crippen molar-refractivity contribution in [3.8, 4) is 0 Å². The second kappa shape index (κ2) is 11.0. The molecule has 1 aromatic heterocycles. The first-order valence-electron chi connectivity index (χ1n) is 9.95. The molecule has 0 aliphatic carbocycles. The Balaban J connectivity index is 1.64. The van der Waals surface area contributed by atoms with Gasteiger partial charge in [-0.3, -0.25) is 18.9 Å². The Morgan fingerprint density at radius 3 is 2.84 bits per heavy atom. The number of azide groups is 1. The SMILES string of the molecule is Cc1cn([C@H]2CC(N=[N+]=[N-])[C@@H](COP(=O)(CCl)NCCc3ccccc3)O2)c(=O)[nH]c1=O. The van der Waals surface area contributed by atoms with E-state index in [1.165, 1.54) is 10.8 Å². The van der Waals surface area contributed by atoms with Gasteiger partial charge in [0.05, 0.1) is 18.8 Å². The maximum atomic E-state index is 13.0. The summed E-state index contributed by atoms with van der Waals surface area (Å²) in [6.45, 7) is 1.81.